The van der Waals surface area contributed by atoms with Crippen LogP contribution in [0, 0.1) is 12.3 Å². The molecule has 2 N–H and O–H groups in total. The third-order valence-corrected chi connectivity index (χ3v) is 4.41. The standard InChI is InChI=1S/C15H18ClNO3/c1-10-7-11(3-4-12(10)16)14(20)17-9-15(5-2-6-15)8-13(18)19/h3-4,7H,2,5-6,8-9H2,1H3,(H,17,20)(H,18,19). The van der Waals surface area contributed by atoms with E-state index >= 15 is 0 Å². The molecular weight excluding hydrogens is 278 g/mol. The lowest BCUT2D eigenvalue weighted by atomic mass is 9.66. The van der Waals surface area contributed by atoms with Gasteiger partial charge in [-0.15, -0.1) is 0 Å². The van der Waals surface area contributed by atoms with E-state index in [-0.39, 0.29) is 17.7 Å². The van der Waals surface area contributed by atoms with E-state index in [4.69, 9.17) is 16.7 Å². The number of benzene rings is 1. The van der Waals surface area contributed by atoms with E-state index in [0.29, 0.717) is 17.1 Å². The SMILES string of the molecule is Cc1cc(C(=O)NCC2(CC(=O)O)CCC2)ccc1Cl. The van der Waals surface area contributed by atoms with Crippen LogP contribution in [-0.2, 0) is 4.79 Å². The Labute approximate surface area is 123 Å². The molecule has 1 aromatic carbocycles. The summed E-state index contributed by atoms with van der Waals surface area (Å²) in [4.78, 5) is 23.0. The summed E-state index contributed by atoms with van der Waals surface area (Å²) in [5, 5.41) is 12.4. The number of amides is 1. The molecule has 0 aromatic heterocycles. The molecule has 1 aromatic rings. The van der Waals surface area contributed by atoms with E-state index < -0.39 is 5.97 Å². The van der Waals surface area contributed by atoms with Crippen LogP contribution >= 0.6 is 11.6 Å². The Balaban J connectivity index is 1.97. The van der Waals surface area contributed by atoms with Gasteiger partial charge in [-0.25, -0.2) is 0 Å². The predicted molar refractivity (Wildman–Crippen MR) is 77.1 cm³/mol. The van der Waals surface area contributed by atoms with Crippen molar-refractivity contribution in [1.29, 1.82) is 0 Å². The van der Waals surface area contributed by atoms with E-state index in [9.17, 15) is 9.59 Å². The van der Waals surface area contributed by atoms with Gasteiger partial charge in [-0.1, -0.05) is 18.0 Å². The number of carbonyl (C=O) groups is 2. The van der Waals surface area contributed by atoms with Gasteiger partial charge in [0.2, 0.25) is 0 Å². The number of aryl methyl sites for hydroxylation is 1. The summed E-state index contributed by atoms with van der Waals surface area (Å²) < 4.78 is 0. The Morgan fingerprint density at radius 3 is 2.60 bits per heavy atom. The fourth-order valence-corrected chi connectivity index (χ4v) is 2.69. The highest BCUT2D eigenvalue weighted by atomic mass is 35.5. The monoisotopic (exact) mass is 295 g/mol. The zero-order chi connectivity index (χ0) is 14.8. The molecule has 0 radical (unpaired) electrons. The van der Waals surface area contributed by atoms with Gasteiger partial charge in [0, 0.05) is 17.1 Å². The number of rotatable bonds is 5. The fraction of sp³-hybridized carbons (Fsp3) is 0.467. The quantitative estimate of drug-likeness (QED) is 0.877. The Kier molecular flexibility index (Phi) is 4.33. The molecule has 0 bridgehead atoms. The van der Waals surface area contributed by atoms with Gasteiger partial charge in [-0.2, -0.15) is 0 Å². The summed E-state index contributed by atoms with van der Waals surface area (Å²) in [5.41, 5.74) is 1.14. The minimum atomic E-state index is -0.804. The van der Waals surface area contributed by atoms with Gasteiger partial charge in [0.15, 0.2) is 0 Å². The summed E-state index contributed by atoms with van der Waals surface area (Å²) in [5.74, 6) is -0.984. The van der Waals surface area contributed by atoms with Crippen LogP contribution in [0.2, 0.25) is 5.02 Å². The summed E-state index contributed by atoms with van der Waals surface area (Å²) in [7, 11) is 0. The first kappa shape index (κ1) is 14.9. The lowest BCUT2D eigenvalue weighted by Crippen LogP contribution is -2.43. The van der Waals surface area contributed by atoms with E-state index in [0.717, 1.165) is 24.8 Å². The minimum absolute atomic E-state index is 0.118. The highest BCUT2D eigenvalue weighted by Crippen LogP contribution is 2.43. The number of carboxylic acids is 1. The number of carbonyl (C=O) groups excluding carboxylic acids is 1. The van der Waals surface area contributed by atoms with Gasteiger partial charge in [0.25, 0.3) is 5.91 Å². The van der Waals surface area contributed by atoms with Crippen molar-refractivity contribution >= 4 is 23.5 Å². The molecule has 0 heterocycles. The predicted octanol–water partition coefficient (Wildman–Crippen LogP) is 3.02. The van der Waals surface area contributed by atoms with E-state index in [1.54, 1.807) is 18.2 Å². The van der Waals surface area contributed by atoms with Gasteiger partial charge in [0.1, 0.15) is 0 Å². The molecule has 0 spiro atoms. The third-order valence-electron chi connectivity index (χ3n) is 3.98. The molecule has 0 saturated heterocycles. The zero-order valence-corrected chi connectivity index (χ0v) is 12.2. The average Bonchev–Trinajstić information content (AvgIpc) is 2.35. The number of nitrogens with one attached hydrogen (secondary N) is 1. The van der Waals surface area contributed by atoms with Crippen molar-refractivity contribution in [2.45, 2.75) is 32.6 Å². The zero-order valence-electron chi connectivity index (χ0n) is 11.4. The highest BCUT2D eigenvalue weighted by Gasteiger charge is 2.39. The van der Waals surface area contributed by atoms with Gasteiger partial charge < -0.3 is 10.4 Å². The Morgan fingerprint density at radius 1 is 1.40 bits per heavy atom. The lowest BCUT2D eigenvalue weighted by molar-refractivity contribution is -0.141. The smallest absolute Gasteiger partial charge is 0.303 e. The van der Waals surface area contributed by atoms with E-state index in [1.165, 1.54) is 0 Å². The molecule has 5 heteroatoms. The molecule has 108 valence electrons. The molecule has 1 saturated carbocycles. The summed E-state index contributed by atoms with van der Waals surface area (Å²) in [6, 6.07) is 5.11. The van der Waals surface area contributed by atoms with Crippen molar-refractivity contribution in [2.24, 2.45) is 5.41 Å². The van der Waals surface area contributed by atoms with Gasteiger partial charge in [0.05, 0.1) is 6.42 Å². The molecule has 1 fully saturated rings. The average molecular weight is 296 g/mol. The largest absolute Gasteiger partial charge is 0.481 e. The second-order valence-corrected chi connectivity index (χ2v) is 5.98. The molecule has 0 unspecified atom stereocenters. The number of hydrogen-bond donors (Lipinski definition) is 2. The second kappa shape index (κ2) is 5.83. The van der Waals surface area contributed by atoms with Crippen molar-refractivity contribution in [3.8, 4) is 0 Å². The van der Waals surface area contributed by atoms with Crippen molar-refractivity contribution in [2.75, 3.05) is 6.54 Å². The van der Waals surface area contributed by atoms with Crippen LogP contribution in [0.1, 0.15) is 41.6 Å². The topological polar surface area (TPSA) is 66.4 Å². The van der Waals surface area contributed by atoms with Crippen molar-refractivity contribution < 1.29 is 14.7 Å². The maximum absolute atomic E-state index is 12.1. The van der Waals surface area contributed by atoms with Gasteiger partial charge in [-0.05, 0) is 48.9 Å². The molecule has 1 aliphatic carbocycles. The Morgan fingerprint density at radius 2 is 2.10 bits per heavy atom. The summed E-state index contributed by atoms with van der Waals surface area (Å²) in [6.45, 7) is 2.26. The van der Waals surface area contributed by atoms with Crippen molar-refractivity contribution in [1.82, 2.24) is 5.32 Å². The maximum atomic E-state index is 12.1. The lowest BCUT2D eigenvalue weighted by Gasteiger charge is -2.40. The molecule has 0 atom stereocenters. The van der Waals surface area contributed by atoms with Crippen molar-refractivity contribution in [3.05, 3.63) is 34.3 Å². The first-order chi connectivity index (χ1) is 9.42. The summed E-state index contributed by atoms with van der Waals surface area (Å²) >= 11 is 5.93. The molecule has 4 nitrogen and oxygen atoms in total. The van der Waals surface area contributed by atoms with Crippen LogP contribution in [0.15, 0.2) is 18.2 Å². The highest BCUT2D eigenvalue weighted by molar-refractivity contribution is 6.31. The first-order valence-corrected chi connectivity index (χ1v) is 7.06. The number of halogens is 1. The van der Waals surface area contributed by atoms with Crippen LogP contribution in [-0.4, -0.2) is 23.5 Å². The molecular formula is C15H18ClNO3. The van der Waals surface area contributed by atoms with Crippen molar-refractivity contribution in [3.63, 3.8) is 0 Å². The van der Waals surface area contributed by atoms with Crippen LogP contribution in [0.5, 0.6) is 0 Å². The minimum Gasteiger partial charge on any atom is -0.481 e. The molecule has 2 rings (SSSR count). The number of aliphatic carboxylic acids is 1. The number of carboxylic acid groups (broad SMARTS) is 1. The maximum Gasteiger partial charge on any atom is 0.303 e. The normalized spacial score (nSPS) is 16.3. The molecule has 1 amide bonds. The van der Waals surface area contributed by atoms with Crippen LogP contribution in [0.25, 0.3) is 0 Å². The fourth-order valence-electron chi connectivity index (χ4n) is 2.57. The van der Waals surface area contributed by atoms with Crippen LogP contribution in [0.3, 0.4) is 0 Å². The van der Waals surface area contributed by atoms with Gasteiger partial charge >= 0.3 is 5.97 Å². The van der Waals surface area contributed by atoms with E-state index in [2.05, 4.69) is 5.32 Å². The van der Waals surface area contributed by atoms with Gasteiger partial charge in [-0.3, -0.25) is 9.59 Å². The van der Waals surface area contributed by atoms with Crippen LogP contribution < -0.4 is 5.32 Å². The van der Waals surface area contributed by atoms with Crippen LogP contribution in [0.4, 0.5) is 0 Å². The molecule has 1 aliphatic rings. The Bertz CT molecular complexity index is 538. The number of hydrogen-bond acceptors (Lipinski definition) is 2. The Hall–Kier alpha value is -1.55. The molecule has 20 heavy (non-hydrogen) atoms. The first-order valence-electron chi connectivity index (χ1n) is 6.68. The molecule has 0 aliphatic heterocycles. The summed E-state index contributed by atoms with van der Waals surface area (Å²) in [6.07, 6.45) is 2.87. The van der Waals surface area contributed by atoms with E-state index in [1.807, 2.05) is 6.92 Å². The third kappa shape index (κ3) is 3.31. The second-order valence-electron chi connectivity index (χ2n) is 5.57.